The van der Waals surface area contributed by atoms with Gasteiger partial charge in [0.1, 0.15) is 10.7 Å². The van der Waals surface area contributed by atoms with Gasteiger partial charge in [-0.2, -0.15) is 0 Å². The molecule has 2 amide bonds. The first-order chi connectivity index (χ1) is 14.6. The Morgan fingerprint density at radius 1 is 1.32 bits per heavy atom. The lowest BCUT2D eigenvalue weighted by atomic mass is 10.1. The van der Waals surface area contributed by atoms with Crippen molar-refractivity contribution in [3.8, 4) is 5.75 Å². The number of carbonyl (C=O) groups excluding carboxylic acids is 1. The third-order valence-corrected chi connectivity index (χ3v) is 6.97. The minimum Gasteiger partial charge on any atom is -0.489 e. The van der Waals surface area contributed by atoms with E-state index in [2.05, 4.69) is 10.0 Å². The number of hydrogen-bond acceptors (Lipinski definition) is 5. The molecule has 4 rings (SSSR count). The van der Waals surface area contributed by atoms with Crippen molar-refractivity contribution in [1.29, 1.82) is 0 Å². The molecule has 0 bridgehead atoms. The first-order valence-corrected chi connectivity index (χ1v) is 10.9. The molecule has 3 N–H and O–H groups in total. The molecule has 1 fully saturated rings. The second-order valence-corrected chi connectivity index (χ2v) is 9.37. The van der Waals surface area contributed by atoms with E-state index >= 15 is 0 Å². The Morgan fingerprint density at radius 2 is 2.06 bits per heavy atom. The lowest BCUT2D eigenvalue weighted by molar-refractivity contribution is 0.101. The van der Waals surface area contributed by atoms with Crippen LogP contribution in [-0.4, -0.2) is 60.7 Å². The van der Waals surface area contributed by atoms with Crippen LogP contribution in [0.15, 0.2) is 29.3 Å². The number of fused-ring (bicyclic) bond motifs is 2. The van der Waals surface area contributed by atoms with Crippen molar-refractivity contribution >= 4 is 27.7 Å². The maximum absolute atomic E-state index is 13.5. The van der Waals surface area contributed by atoms with Crippen LogP contribution in [0, 0.1) is 18.7 Å². The zero-order valence-electron chi connectivity index (χ0n) is 16.8. The van der Waals surface area contributed by atoms with Crippen LogP contribution in [0.2, 0.25) is 0 Å². The summed E-state index contributed by atoms with van der Waals surface area (Å²) in [4.78, 5) is 25.1. The van der Waals surface area contributed by atoms with Crippen LogP contribution in [-0.2, 0) is 17.1 Å². The van der Waals surface area contributed by atoms with Crippen LogP contribution in [0.3, 0.4) is 0 Å². The maximum atomic E-state index is 13.5. The summed E-state index contributed by atoms with van der Waals surface area (Å²) in [6, 6.07) is 3.45. The molecular weight excluding hydrogens is 431 g/mol. The molecule has 3 heterocycles. The lowest BCUT2D eigenvalue weighted by Gasteiger charge is -2.23. The van der Waals surface area contributed by atoms with Gasteiger partial charge in [0.05, 0.1) is 6.61 Å². The van der Waals surface area contributed by atoms with Crippen LogP contribution in [0.1, 0.15) is 16.1 Å². The number of halogens is 1. The zero-order valence-corrected chi connectivity index (χ0v) is 17.6. The summed E-state index contributed by atoms with van der Waals surface area (Å²) in [7, 11) is -2.56. The minimum atomic E-state index is -4.07. The van der Waals surface area contributed by atoms with E-state index in [-0.39, 0.29) is 36.0 Å². The molecular formula is C19H21FN4O6S. The lowest BCUT2D eigenvalue weighted by Crippen LogP contribution is -2.43. The molecule has 166 valence electrons. The van der Waals surface area contributed by atoms with Gasteiger partial charge in [-0.3, -0.25) is 4.79 Å². The third kappa shape index (κ3) is 3.83. The fraction of sp³-hybridized carbons (Fsp3) is 0.368. The average molecular weight is 452 g/mol. The minimum absolute atomic E-state index is 0.0159. The van der Waals surface area contributed by atoms with Crippen molar-refractivity contribution in [2.24, 2.45) is 13.0 Å². The van der Waals surface area contributed by atoms with Crippen molar-refractivity contribution in [2.45, 2.75) is 17.9 Å². The number of nitrogens with zero attached hydrogens (tertiary/aromatic N) is 2. The van der Waals surface area contributed by atoms with E-state index in [1.54, 1.807) is 6.92 Å². The fourth-order valence-corrected chi connectivity index (χ4v) is 5.35. The number of amides is 2. The van der Waals surface area contributed by atoms with E-state index in [1.165, 1.54) is 36.0 Å². The quantitative estimate of drug-likeness (QED) is 0.631. The Bertz CT molecular complexity index is 1180. The summed E-state index contributed by atoms with van der Waals surface area (Å²) in [6.07, 6.45) is 0.131. The third-order valence-electron chi connectivity index (χ3n) is 5.48. The van der Waals surface area contributed by atoms with E-state index in [4.69, 9.17) is 4.74 Å². The number of likely N-dealkylation sites (tertiary alicyclic amines) is 1. The Labute approximate surface area is 177 Å². The molecule has 10 nitrogen and oxygen atoms in total. The van der Waals surface area contributed by atoms with E-state index < -0.39 is 39.8 Å². The first-order valence-electron chi connectivity index (χ1n) is 9.46. The monoisotopic (exact) mass is 452 g/mol. The van der Waals surface area contributed by atoms with Gasteiger partial charge in [0.25, 0.3) is 5.91 Å². The Kier molecular flexibility index (Phi) is 5.13. The van der Waals surface area contributed by atoms with Gasteiger partial charge in [-0.1, -0.05) is 0 Å². The number of rotatable bonds is 2. The normalized spacial score (nSPS) is 22.0. The summed E-state index contributed by atoms with van der Waals surface area (Å²) in [5, 5.41) is 11.9. The number of nitrogens with one attached hydrogen (secondary N) is 2. The molecule has 1 aromatic heterocycles. The molecule has 2 aliphatic rings. The van der Waals surface area contributed by atoms with Gasteiger partial charge in [-0.05, 0) is 30.7 Å². The molecule has 2 unspecified atom stereocenters. The summed E-state index contributed by atoms with van der Waals surface area (Å²) in [5.74, 6) is -1.56. The van der Waals surface area contributed by atoms with E-state index in [1.807, 2.05) is 0 Å². The predicted octanol–water partition coefficient (Wildman–Crippen LogP) is 1.37. The number of benzene rings is 1. The molecule has 1 saturated heterocycles. The van der Waals surface area contributed by atoms with Crippen molar-refractivity contribution in [2.75, 3.05) is 25.0 Å². The molecule has 1 aromatic carbocycles. The first kappa shape index (κ1) is 21.1. The number of aromatic nitrogens is 1. The van der Waals surface area contributed by atoms with E-state index in [9.17, 15) is 27.5 Å². The molecule has 2 atom stereocenters. The maximum Gasteiger partial charge on any atom is 0.407 e. The zero-order chi connectivity index (χ0) is 22.5. The molecule has 31 heavy (non-hydrogen) atoms. The van der Waals surface area contributed by atoms with Crippen LogP contribution in [0.25, 0.3) is 0 Å². The van der Waals surface area contributed by atoms with Crippen molar-refractivity contribution in [1.82, 2.24) is 14.2 Å². The standard InChI is InChI=1S/C19H21FN4O6S/c1-10-5-12(3-4-13(10)20)21-18(25)16-17-15(8-23(16)2)31(28,29)22-14-7-24(19(26)27)6-11(14)9-30-17/h3-5,8,11,14,22H,6-7,9H2,1-2H3,(H,21,25)(H,26,27). The second-order valence-electron chi connectivity index (χ2n) is 7.69. The number of carboxylic acid groups (broad SMARTS) is 1. The van der Waals surface area contributed by atoms with Crippen molar-refractivity contribution < 1.29 is 32.2 Å². The van der Waals surface area contributed by atoms with Crippen LogP contribution >= 0.6 is 0 Å². The SMILES string of the molecule is Cc1cc(NC(=O)c2c3c(cn2C)S(=O)(=O)NC2CN(C(=O)O)CC2CO3)ccc1F. The molecule has 2 aromatic rings. The van der Waals surface area contributed by atoms with E-state index in [0.717, 1.165) is 4.90 Å². The highest BCUT2D eigenvalue weighted by molar-refractivity contribution is 7.89. The van der Waals surface area contributed by atoms with Gasteiger partial charge < -0.3 is 24.6 Å². The summed E-state index contributed by atoms with van der Waals surface area (Å²) in [6.45, 7) is 1.72. The van der Waals surface area contributed by atoms with E-state index in [0.29, 0.717) is 11.3 Å². The highest BCUT2D eigenvalue weighted by atomic mass is 32.2. The van der Waals surface area contributed by atoms with Gasteiger partial charge in [-0.25, -0.2) is 22.3 Å². The molecule has 0 spiro atoms. The van der Waals surface area contributed by atoms with Gasteiger partial charge in [-0.15, -0.1) is 0 Å². The van der Waals surface area contributed by atoms with Gasteiger partial charge >= 0.3 is 6.09 Å². The van der Waals surface area contributed by atoms with Crippen molar-refractivity contribution in [3.63, 3.8) is 0 Å². The topological polar surface area (TPSA) is 130 Å². The molecule has 12 heteroatoms. The number of aryl methyl sites for hydroxylation is 2. The smallest absolute Gasteiger partial charge is 0.407 e. The summed E-state index contributed by atoms with van der Waals surface area (Å²) in [5.41, 5.74) is 0.672. The van der Waals surface area contributed by atoms with Crippen LogP contribution in [0.5, 0.6) is 5.75 Å². The molecule has 0 radical (unpaired) electrons. The van der Waals surface area contributed by atoms with Crippen LogP contribution < -0.4 is 14.8 Å². The number of carbonyl (C=O) groups is 2. The fourth-order valence-electron chi connectivity index (χ4n) is 3.87. The predicted molar refractivity (Wildman–Crippen MR) is 107 cm³/mol. The average Bonchev–Trinajstić information content (AvgIpc) is 3.22. The Balaban J connectivity index is 1.67. The number of ether oxygens (including phenoxy) is 1. The van der Waals surface area contributed by atoms with Gasteiger partial charge in [0.2, 0.25) is 10.0 Å². The highest BCUT2D eigenvalue weighted by Gasteiger charge is 2.42. The highest BCUT2D eigenvalue weighted by Crippen LogP contribution is 2.34. The molecule has 2 aliphatic heterocycles. The Hall–Kier alpha value is -3.12. The summed E-state index contributed by atoms with van der Waals surface area (Å²) < 4.78 is 49.1. The Morgan fingerprint density at radius 3 is 2.74 bits per heavy atom. The molecule has 0 aliphatic carbocycles. The number of hydrogen-bond donors (Lipinski definition) is 3. The summed E-state index contributed by atoms with van der Waals surface area (Å²) >= 11 is 0. The van der Waals surface area contributed by atoms with Gasteiger partial charge in [0, 0.05) is 44.0 Å². The molecule has 0 saturated carbocycles. The number of anilines is 1. The number of sulfonamides is 1. The van der Waals surface area contributed by atoms with Crippen LogP contribution in [0.4, 0.5) is 14.9 Å². The largest absolute Gasteiger partial charge is 0.489 e. The second kappa shape index (κ2) is 7.54. The van der Waals surface area contributed by atoms with Crippen molar-refractivity contribution in [3.05, 3.63) is 41.5 Å². The van der Waals surface area contributed by atoms with Gasteiger partial charge in [0.15, 0.2) is 11.4 Å².